The molecule has 0 saturated carbocycles. The zero-order chi connectivity index (χ0) is 24.8. The number of hydrogen-bond donors (Lipinski definition) is 1. The minimum atomic E-state index is -0.0566. The smallest absolute Gasteiger partial charge is 0.242 e. The molecule has 3 aromatic rings. The van der Waals surface area contributed by atoms with Crippen LogP contribution in [0.3, 0.4) is 0 Å². The fraction of sp³-hybridized carbons (Fsp3) is 0.321. The van der Waals surface area contributed by atoms with Crippen LogP contribution in [0.5, 0.6) is 0 Å². The molecule has 0 aromatic heterocycles. The summed E-state index contributed by atoms with van der Waals surface area (Å²) >= 11 is 12.3. The third kappa shape index (κ3) is 6.36. The van der Waals surface area contributed by atoms with E-state index < -0.39 is 0 Å². The molecule has 2 N–H and O–H groups in total. The average molecular weight is 511 g/mol. The van der Waals surface area contributed by atoms with Gasteiger partial charge in [-0.2, -0.15) is 0 Å². The maximum atomic E-state index is 13.5. The maximum Gasteiger partial charge on any atom is 0.242 e. The fourth-order valence-corrected chi connectivity index (χ4v) is 4.87. The van der Waals surface area contributed by atoms with Gasteiger partial charge in [0.15, 0.2) is 0 Å². The van der Waals surface area contributed by atoms with E-state index in [1.54, 1.807) is 12.1 Å². The summed E-state index contributed by atoms with van der Waals surface area (Å²) in [5.41, 5.74) is 10.2. The van der Waals surface area contributed by atoms with Crippen LogP contribution in [0.2, 0.25) is 10.0 Å². The number of likely N-dealkylation sites (N-methyl/N-ethyl adjacent to an activating group) is 1. The lowest BCUT2D eigenvalue weighted by molar-refractivity contribution is -0.131. The van der Waals surface area contributed by atoms with E-state index in [9.17, 15) is 4.79 Å². The van der Waals surface area contributed by atoms with Crippen molar-refractivity contribution >= 4 is 34.8 Å². The number of halogens is 2. The van der Waals surface area contributed by atoms with Gasteiger partial charge in [0, 0.05) is 19.3 Å². The van der Waals surface area contributed by atoms with E-state index in [1.165, 1.54) is 18.4 Å². The van der Waals surface area contributed by atoms with Crippen molar-refractivity contribution in [3.63, 3.8) is 0 Å². The minimum Gasteiger partial charge on any atom is -0.350 e. The van der Waals surface area contributed by atoms with Crippen LogP contribution in [0.25, 0.3) is 11.1 Å². The van der Waals surface area contributed by atoms with Gasteiger partial charge in [-0.3, -0.25) is 4.79 Å². The Morgan fingerprint density at radius 2 is 1.60 bits per heavy atom. The lowest BCUT2D eigenvalue weighted by Gasteiger charge is -2.34. The first-order valence-corrected chi connectivity index (χ1v) is 12.8. The zero-order valence-electron chi connectivity index (χ0n) is 20.0. The van der Waals surface area contributed by atoms with Gasteiger partial charge in [0.1, 0.15) is 0 Å². The van der Waals surface area contributed by atoms with E-state index in [2.05, 4.69) is 41.3 Å². The molecular weight excluding hydrogens is 479 g/mol. The number of amides is 1. The van der Waals surface area contributed by atoms with Gasteiger partial charge in [-0.15, -0.1) is 0 Å². The van der Waals surface area contributed by atoms with Crippen LogP contribution in [0, 0.1) is 0 Å². The van der Waals surface area contributed by atoms with E-state index in [4.69, 9.17) is 28.9 Å². The molecule has 5 nitrogen and oxygen atoms in total. The normalized spacial score (nSPS) is 14.6. The Bertz CT molecular complexity index is 1120. The molecule has 1 atom stereocenters. The number of hydrogen-bond acceptors (Lipinski definition) is 4. The molecule has 35 heavy (non-hydrogen) atoms. The van der Waals surface area contributed by atoms with Gasteiger partial charge < -0.3 is 20.4 Å². The van der Waals surface area contributed by atoms with Crippen molar-refractivity contribution in [2.75, 3.05) is 44.8 Å². The molecule has 184 valence electrons. The summed E-state index contributed by atoms with van der Waals surface area (Å²) in [6.45, 7) is 3.30. The third-order valence-electron chi connectivity index (χ3n) is 6.71. The van der Waals surface area contributed by atoms with Gasteiger partial charge in [-0.05, 0) is 60.8 Å². The quantitative estimate of drug-likeness (QED) is 0.376. The van der Waals surface area contributed by atoms with Crippen LogP contribution in [0.4, 0.5) is 5.69 Å². The Morgan fingerprint density at radius 3 is 2.23 bits per heavy atom. The third-order valence-corrected chi connectivity index (χ3v) is 7.45. The van der Waals surface area contributed by atoms with Crippen LogP contribution in [0.1, 0.15) is 24.4 Å². The highest BCUT2D eigenvalue weighted by atomic mass is 35.5. The Labute approximate surface area is 218 Å². The average Bonchev–Trinajstić information content (AvgIpc) is 3.41. The summed E-state index contributed by atoms with van der Waals surface area (Å²) in [7, 11) is 1.89. The van der Waals surface area contributed by atoms with Gasteiger partial charge in [0.2, 0.25) is 5.91 Å². The number of nitrogens with two attached hydrogens (primary N) is 1. The van der Waals surface area contributed by atoms with Crippen molar-refractivity contribution in [3.05, 3.63) is 88.4 Å². The van der Waals surface area contributed by atoms with Gasteiger partial charge in [-0.25, -0.2) is 0 Å². The van der Waals surface area contributed by atoms with Crippen molar-refractivity contribution < 1.29 is 4.79 Å². The van der Waals surface area contributed by atoms with E-state index >= 15 is 0 Å². The molecule has 1 fully saturated rings. The number of anilines is 1. The van der Waals surface area contributed by atoms with Gasteiger partial charge in [0.05, 0.1) is 29.3 Å². The molecule has 3 aromatic carbocycles. The molecule has 0 bridgehead atoms. The maximum absolute atomic E-state index is 13.5. The Morgan fingerprint density at radius 1 is 0.943 bits per heavy atom. The summed E-state index contributed by atoms with van der Waals surface area (Å²) < 4.78 is 0. The number of benzene rings is 3. The first-order valence-electron chi connectivity index (χ1n) is 12.0. The summed E-state index contributed by atoms with van der Waals surface area (Å²) in [6, 6.07) is 24.1. The van der Waals surface area contributed by atoms with E-state index in [0.29, 0.717) is 10.0 Å². The van der Waals surface area contributed by atoms with Crippen molar-refractivity contribution in [2.24, 2.45) is 5.73 Å². The van der Waals surface area contributed by atoms with Crippen LogP contribution < -0.4 is 10.6 Å². The second-order valence-corrected chi connectivity index (χ2v) is 9.81. The number of carbonyl (C=O) groups excluding carboxylic acids is 1. The Balaban J connectivity index is 1.54. The predicted octanol–water partition coefficient (Wildman–Crippen LogP) is 5.68. The van der Waals surface area contributed by atoms with Crippen LogP contribution in [-0.4, -0.2) is 55.6 Å². The summed E-state index contributed by atoms with van der Waals surface area (Å²) in [6.07, 6.45) is 2.41. The molecule has 1 heterocycles. The van der Waals surface area contributed by atoms with Gasteiger partial charge in [0.25, 0.3) is 0 Å². The molecule has 0 radical (unpaired) electrons. The molecule has 1 saturated heterocycles. The second kappa shape index (κ2) is 11.9. The molecule has 7 heteroatoms. The summed E-state index contributed by atoms with van der Waals surface area (Å²) in [5.74, 6) is -0.00199. The minimum absolute atomic E-state index is 0.00199. The molecule has 0 aliphatic carbocycles. The molecular formula is C28H32Cl2N4O. The van der Waals surface area contributed by atoms with Gasteiger partial charge >= 0.3 is 0 Å². The standard InChI is InChI=1S/C28H32Cl2N4O/c1-32(28(35)19-34(20-31)24-13-14-25(29)26(30)17-24)27(18-33-15-5-6-16-33)23-11-9-22(10-12-23)21-7-3-2-4-8-21/h2-4,7-14,17,27H,5-6,15-16,18-20,31H2,1H3. The van der Waals surface area contributed by atoms with Crippen LogP contribution in [-0.2, 0) is 4.79 Å². The number of nitrogens with zero attached hydrogens (tertiary/aromatic N) is 3. The van der Waals surface area contributed by atoms with Crippen molar-refractivity contribution in [1.82, 2.24) is 9.80 Å². The van der Waals surface area contributed by atoms with Crippen molar-refractivity contribution in [1.29, 1.82) is 0 Å². The Hall–Kier alpha value is -2.57. The van der Waals surface area contributed by atoms with Gasteiger partial charge in [-0.1, -0.05) is 77.8 Å². The van der Waals surface area contributed by atoms with Crippen LogP contribution >= 0.6 is 23.2 Å². The number of rotatable bonds is 9. The molecule has 0 spiro atoms. The fourth-order valence-electron chi connectivity index (χ4n) is 4.58. The molecule has 1 aliphatic heterocycles. The summed E-state index contributed by atoms with van der Waals surface area (Å²) in [4.78, 5) is 19.6. The molecule has 1 aliphatic rings. The largest absolute Gasteiger partial charge is 0.350 e. The first-order chi connectivity index (χ1) is 17.0. The number of carbonyl (C=O) groups is 1. The molecule has 1 amide bonds. The lowest BCUT2D eigenvalue weighted by Crippen LogP contribution is -2.44. The molecule has 1 unspecified atom stereocenters. The highest BCUT2D eigenvalue weighted by Gasteiger charge is 2.27. The van der Waals surface area contributed by atoms with E-state index in [1.807, 2.05) is 41.1 Å². The second-order valence-electron chi connectivity index (χ2n) is 9.00. The predicted molar refractivity (Wildman–Crippen MR) is 146 cm³/mol. The monoisotopic (exact) mass is 510 g/mol. The lowest BCUT2D eigenvalue weighted by atomic mass is 9.99. The van der Waals surface area contributed by atoms with Crippen LogP contribution in [0.15, 0.2) is 72.8 Å². The van der Waals surface area contributed by atoms with Crippen molar-refractivity contribution in [2.45, 2.75) is 18.9 Å². The SMILES string of the molecule is CN(C(=O)CN(CN)c1ccc(Cl)c(Cl)c1)C(CN1CCCC1)c1ccc(-c2ccccc2)cc1. The first kappa shape index (κ1) is 25.5. The topological polar surface area (TPSA) is 52.8 Å². The summed E-state index contributed by atoms with van der Waals surface area (Å²) in [5, 5.41) is 0.911. The highest BCUT2D eigenvalue weighted by molar-refractivity contribution is 6.42. The molecule has 4 rings (SSSR count). The van der Waals surface area contributed by atoms with E-state index in [0.717, 1.165) is 36.4 Å². The Kier molecular flexibility index (Phi) is 8.69. The van der Waals surface area contributed by atoms with E-state index in [-0.39, 0.29) is 25.2 Å². The van der Waals surface area contributed by atoms with Crippen molar-refractivity contribution in [3.8, 4) is 11.1 Å². The zero-order valence-corrected chi connectivity index (χ0v) is 21.6. The highest BCUT2D eigenvalue weighted by Crippen LogP contribution is 2.29. The number of likely N-dealkylation sites (tertiary alicyclic amines) is 1.